The molecule has 1 amide bonds. The standard InChI is InChI=1S/C17H25N3OS/c1-13(2)17(3,12-18)19-16(21)11-20(4)10-14-6-8-15(22-5)9-7-14/h6-9,13H,10-11H2,1-5H3,(H,19,21)/p+1/t17-/m0/s1. The highest BCUT2D eigenvalue weighted by atomic mass is 32.2. The van der Waals surface area contributed by atoms with Gasteiger partial charge in [0.15, 0.2) is 6.54 Å². The zero-order valence-electron chi connectivity index (χ0n) is 14.1. The summed E-state index contributed by atoms with van der Waals surface area (Å²) in [6.45, 7) is 6.79. The van der Waals surface area contributed by atoms with E-state index < -0.39 is 5.54 Å². The summed E-state index contributed by atoms with van der Waals surface area (Å²) in [4.78, 5) is 14.5. The van der Waals surface area contributed by atoms with Crippen molar-refractivity contribution in [3.05, 3.63) is 29.8 Å². The maximum Gasteiger partial charge on any atom is 0.276 e. The molecule has 0 aliphatic carbocycles. The van der Waals surface area contributed by atoms with E-state index in [1.807, 2.05) is 20.9 Å². The van der Waals surface area contributed by atoms with E-state index in [9.17, 15) is 10.1 Å². The van der Waals surface area contributed by atoms with Crippen LogP contribution >= 0.6 is 11.8 Å². The smallest absolute Gasteiger partial charge is 0.276 e. The third kappa shape index (κ3) is 5.36. The van der Waals surface area contributed by atoms with Crippen molar-refractivity contribution in [1.82, 2.24) is 5.32 Å². The lowest BCUT2D eigenvalue weighted by atomic mass is 9.90. The molecule has 0 aliphatic heterocycles. The van der Waals surface area contributed by atoms with Gasteiger partial charge in [0.25, 0.3) is 5.91 Å². The van der Waals surface area contributed by atoms with E-state index >= 15 is 0 Å². The van der Waals surface area contributed by atoms with Crippen LogP contribution in [-0.2, 0) is 11.3 Å². The minimum atomic E-state index is -0.808. The first-order chi connectivity index (χ1) is 10.3. The highest BCUT2D eigenvalue weighted by molar-refractivity contribution is 7.98. The van der Waals surface area contributed by atoms with Crippen LogP contribution in [-0.4, -0.2) is 31.3 Å². The van der Waals surface area contributed by atoms with Gasteiger partial charge in [-0.2, -0.15) is 5.26 Å². The minimum Gasteiger partial charge on any atom is -0.333 e. The fourth-order valence-corrected chi connectivity index (χ4v) is 2.47. The number of carbonyl (C=O) groups is 1. The largest absolute Gasteiger partial charge is 0.333 e. The maximum absolute atomic E-state index is 12.1. The molecule has 1 unspecified atom stereocenters. The van der Waals surface area contributed by atoms with Crippen molar-refractivity contribution in [2.45, 2.75) is 37.8 Å². The molecule has 1 aromatic rings. The zero-order valence-corrected chi connectivity index (χ0v) is 14.9. The Kier molecular flexibility index (Phi) is 6.92. The number of rotatable bonds is 7. The van der Waals surface area contributed by atoms with Gasteiger partial charge < -0.3 is 10.2 Å². The molecule has 0 radical (unpaired) electrons. The molecule has 0 aromatic heterocycles. The Labute approximate surface area is 137 Å². The second-order valence-electron chi connectivity index (χ2n) is 6.18. The van der Waals surface area contributed by atoms with Crippen LogP contribution < -0.4 is 10.2 Å². The molecule has 1 aromatic carbocycles. The number of benzene rings is 1. The van der Waals surface area contributed by atoms with Gasteiger partial charge in [0, 0.05) is 10.5 Å². The van der Waals surface area contributed by atoms with Crippen LogP contribution in [0.3, 0.4) is 0 Å². The molecule has 0 saturated carbocycles. The van der Waals surface area contributed by atoms with E-state index in [4.69, 9.17) is 0 Å². The van der Waals surface area contributed by atoms with E-state index in [0.29, 0.717) is 6.54 Å². The number of amides is 1. The van der Waals surface area contributed by atoms with Gasteiger partial charge in [-0.05, 0) is 31.2 Å². The van der Waals surface area contributed by atoms with Gasteiger partial charge >= 0.3 is 0 Å². The minimum absolute atomic E-state index is 0.0702. The number of hydrogen-bond donors (Lipinski definition) is 2. The number of quaternary nitrogens is 1. The Morgan fingerprint density at radius 2 is 2.00 bits per heavy atom. The van der Waals surface area contributed by atoms with E-state index in [0.717, 1.165) is 11.4 Å². The number of nitriles is 1. The molecule has 5 heteroatoms. The second-order valence-corrected chi connectivity index (χ2v) is 7.06. The van der Waals surface area contributed by atoms with Gasteiger partial charge in [0.1, 0.15) is 12.1 Å². The normalized spacial score (nSPS) is 15.0. The van der Waals surface area contributed by atoms with Crippen molar-refractivity contribution >= 4 is 17.7 Å². The lowest BCUT2D eigenvalue weighted by Gasteiger charge is -2.27. The van der Waals surface area contributed by atoms with Crippen LogP contribution in [0.15, 0.2) is 29.2 Å². The van der Waals surface area contributed by atoms with Gasteiger partial charge in [-0.15, -0.1) is 11.8 Å². The number of hydrogen-bond acceptors (Lipinski definition) is 3. The predicted molar refractivity (Wildman–Crippen MR) is 90.7 cm³/mol. The van der Waals surface area contributed by atoms with Crippen LogP contribution in [0.1, 0.15) is 26.3 Å². The third-order valence-electron chi connectivity index (χ3n) is 3.91. The van der Waals surface area contributed by atoms with Gasteiger partial charge in [-0.3, -0.25) is 4.79 Å². The average molecular weight is 320 g/mol. The Balaban J connectivity index is 2.55. The first-order valence-electron chi connectivity index (χ1n) is 7.47. The molecule has 0 heterocycles. The molecule has 22 heavy (non-hydrogen) atoms. The van der Waals surface area contributed by atoms with E-state index in [1.54, 1.807) is 18.7 Å². The van der Waals surface area contributed by atoms with Crippen LogP contribution in [0, 0.1) is 17.2 Å². The Morgan fingerprint density at radius 3 is 2.45 bits per heavy atom. The van der Waals surface area contributed by atoms with E-state index in [-0.39, 0.29) is 11.8 Å². The summed E-state index contributed by atoms with van der Waals surface area (Å²) in [7, 11) is 1.99. The van der Waals surface area contributed by atoms with Crippen molar-refractivity contribution in [3.63, 3.8) is 0 Å². The molecule has 120 valence electrons. The Morgan fingerprint density at radius 1 is 1.41 bits per heavy atom. The molecular formula is C17H26N3OS+. The summed E-state index contributed by atoms with van der Waals surface area (Å²) in [5.41, 5.74) is 0.396. The van der Waals surface area contributed by atoms with Crippen molar-refractivity contribution in [3.8, 4) is 6.07 Å². The summed E-state index contributed by atoms with van der Waals surface area (Å²) in [6, 6.07) is 10.6. The number of nitrogens with one attached hydrogen (secondary N) is 2. The Bertz CT molecular complexity index is 536. The molecule has 2 atom stereocenters. The van der Waals surface area contributed by atoms with Crippen molar-refractivity contribution < 1.29 is 9.69 Å². The fourth-order valence-electron chi connectivity index (χ4n) is 2.06. The highest BCUT2D eigenvalue weighted by Crippen LogP contribution is 2.15. The first kappa shape index (κ1) is 18.5. The topological polar surface area (TPSA) is 57.3 Å². The van der Waals surface area contributed by atoms with Crippen LogP contribution in [0.5, 0.6) is 0 Å². The molecule has 2 N–H and O–H groups in total. The lowest BCUT2D eigenvalue weighted by Crippen LogP contribution is -3.09. The maximum atomic E-state index is 12.1. The quantitative estimate of drug-likeness (QED) is 0.748. The van der Waals surface area contributed by atoms with Crippen LogP contribution in [0.2, 0.25) is 0 Å². The predicted octanol–water partition coefficient (Wildman–Crippen LogP) is 1.48. The van der Waals surface area contributed by atoms with Gasteiger partial charge in [0.2, 0.25) is 0 Å². The molecule has 0 spiro atoms. The molecule has 0 aliphatic rings. The Hall–Kier alpha value is -1.51. The average Bonchev–Trinajstić information content (AvgIpc) is 2.47. The number of thioether (sulfide) groups is 1. The summed E-state index contributed by atoms with van der Waals surface area (Å²) in [6.07, 6.45) is 2.05. The summed E-state index contributed by atoms with van der Waals surface area (Å²) < 4.78 is 0. The van der Waals surface area contributed by atoms with Crippen LogP contribution in [0.4, 0.5) is 0 Å². The van der Waals surface area contributed by atoms with Gasteiger partial charge in [-0.25, -0.2) is 0 Å². The lowest BCUT2D eigenvalue weighted by molar-refractivity contribution is -0.885. The molecule has 0 fully saturated rings. The number of nitrogens with zero attached hydrogens (tertiary/aromatic N) is 1. The summed E-state index contributed by atoms with van der Waals surface area (Å²) in [5, 5.41) is 12.1. The number of likely N-dealkylation sites (N-methyl/N-ethyl adjacent to an activating group) is 1. The fraction of sp³-hybridized carbons (Fsp3) is 0.529. The van der Waals surface area contributed by atoms with E-state index in [2.05, 4.69) is 41.9 Å². The monoisotopic (exact) mass is 320 g/mol. The third-order valence-corrected chi connectivity index (χ3v) is 4.66. The molecule has 1 rings (SSSR count). The van der Waals surface area contributed by atoms with Crippen LogP contribution in [0.25, 0.3) is 0 Å². The molecule has 0 bridgehead atoms. The molecule has 4 nitrogen and oxygen atoms in total. The SMILES string of the molecule is CSc1ccc(C[NH+](C)CC(=O)N[C@@](C)(C#N)C(C)C)cc1. The molecular weight excluding hydrogens is 294 g/mol. The van der Waals surface area contributed by atoms with Gasteiger partial charge in [-0.1, -0.05) is 26.0 Å². The van der Waals surface area contributed by atoms with Crippen molar-refractivity contribution in [1.29, 1.82) is 5.26 Å². The first-order valence-corrected chi connectivity index (χ1v) is 8.69. The number of carbonyl (C=O) groups excluding carboxylic acids is 1. The molecule has 0 saturated heterocycles. The van der Waals surface area contributed by atoms with E-state index in [1.165, 1.54) is 10.5 Å². The zero-order chi connectivity index (χ0) is 16.8. The second kappa shape index (κ2) is 8.21. The van der Waals surface area contributed by atoms with Crippen molar-refractivity contribution in [2.24, 2.45) is 5.92 Å². The van der Waals surface area contributed by atoms with Gasteiger partial charge in [0.05, 0.1) is 13.1 Å². The van der Waals surface area contributed by atoms with Crippen molar-refractivity contribution in [2.75, 3.05) is 19.8 Å². The summed E-state index contributed by atoms with van der Waals surface area (Å²) in [5.74, 6) is -0.0168. The highest BCUT2D eigenvalue weighted by Gasteiger charge is 2.30. The summed E-state index contributed by atoms with van der Waals surface area (Å²) >= 11 is 1.72.